The van der Waals surface area contributed by atoms with E-state index in [1.165, 1.54) is 10.5 Å². The number of hydrogen-bond donors (Lipinski definition) is 0. The van der Waals surface area contributed by atoms with Crippen LogP contribution in [-0.4, -0.2) is 47.9 Å². The molecule has 0 aliphatic carbocycles. The molecule has 0 saturated carbocycles. The van der Waals surface area contributed by atoms with E-state index in [0.717, 1.165) is 24.3 Å². The van der Waals surface area contributed by atoms with Crippen molar-refractivity contribution in [3.8, 4) is 5.75 Å². The van der Waals surface area contributed by atoms with E-state index in [2.05, 4.69) is 19.9 Å². The van der Waals surface area contributed by atoms with Gasteiger partial charge in [-0.2, -0.15) is 4.31 Å². The van der Waals surface area contributed by atoms with Gasteiger partial charge < -0.3 is 9.57 Å². The summed E-state index contributed by atoms with van der Waals surface area (Å²) in [6.07, 6.45) is 0.571. The largest absolute Gasteiger partial charge is 0.573 e. The van der Waals surface area contributed by atoms with Crippen molar-refractivity contribution >= 4 is 15.7 Å². The first-order valence-electron chi connectivity index (χ1n) is 8.52. The monoisotopic (exact) mass is 430 g/mol. The number of alkyl halides is 3. The van der Waals surface area contributed by atoms with Crippen molar-refractivity contribution in [2.75, 3.05) is 13.1 Å². The number of hydrogen-bond acceptors (Lipinski definition) is 7. The van der Waals surface area contributed by atoms with E-state index < -0.39 is 22.1 Å². The molecular formula is C17H17F3N4O4S. The zero-order chi connectivity index (χ0) is 20.9. The molecular weight excluding hydrogens is 413 g/mol. The molecule has 0 N–H and O–H groups in total. The number of halogens is 3. The quantitative estimate of drug-likeness (QED) is 0.654. The summed E-state index contributed by atoms with van der Waals surface area (Å²) in [6, 6.07) is 4.11. The molecule has 29 heavy (non-hydrogen) atoms. The molecule has 1 saturated heterocycles. The highest BCUT2D eigenvalue weighted by Crippen LogP contribution is 2.26. The summed E-state index contributed by atoms with van der Waals surface area (Å²) in [5.74, 6) is -0.482. The summed E-state index contributed by atoms with van der Waals surface area (Å²) >= 11 is 0. The Kier molecular flexibility index (Phi) is 6.33. The molecule has 2 aromatic rings. The zero-order valence-electron chi connectivity index (χ0n) is 15.0. The summed E-state index contributed by atoms with van der Waals surface area (Å²) in [6.45, 7) is 0.540. The van der Waals surface area contributed by atoms with Crippen LogP contribution in [0.25, 0.3) is 0 Å². The molecule has 156 valence electrons. The van der Waals surface area contributed by atoms with Crippen LogP contribution in [0, 0.1) is 0 Å². The lowest BCUT2D eigenvalue weighted by molar-refractivity contribution is -0.274. The van der Waals surface area contributed by atoms with Crippen molar-refractivity contribution in [2.24, 2.45) is 5.16 Å². The Bertz CT molecular complexity index is 941. The molecule has 1 fully saturated rings. The van der Waals surface area contributed by atoms with Crippen LogP contribution in [-0.2, 0) is 21.5 Å². The van der Waals surface area contributed by atoms with Crippen LogP contribution < -0.4 is 4.74 Å². The fourth-order valence-corrected chi connectivity index (χ4v) is 4.07. The highest BCUT2D eigenvalue weighted by molar-refractivity contribution is 7.89. The lowest BCUT2D eigenvalue weighted by Gasteiger charge is -2.26. The van der Waals surface area contributed by atoms with Gasteiger partial charge in [-0.3, -0.25) is 9.97 Å². The number of benzene rings is 1. The Morgan fingerprint density at radius 3 is 2.38 bits per heavy atom. The van der Waals surface area contributed by atoms with Gasteiger partial charge in [0.1, 0.15) is 5.75 Å². The molecule has 1 aromatic heterocycles. The standard InChI is InChI=1S/C17H17F3N4O4S/c18-17(19,20)28-15-1-3-16(4-2-15)29(25,26)24-9-5-13(6-10-24)23-27-12-14-11-21-7-8-22-14/h1-4,7-8,11H,5-6,9-10,12H2. The Morgan fingerprint density at radius 2 is 1.79 bits per heavy atom. The number of sulfonamides is 1. The number of ether oxygens (including phenoxy) is 1. The fraction of sp³-hybridized carbons (Fsp3) is 0.353. The minimum absolute atomic E-state index is 0.105. The normalized spacial score (nSPS) is 15.8. The van der Waals surface area contributed by atoms with Crippen molar-refractivity contribution in [1.82, 2.24) is 14.3 Å². The second-order valence-corrected chi connectivity index (χ2v) is 7.99. The molecule has 3 rings (SSSR count). The number of aromatic nitrogens is 2. The van der Waals surface area contributed by atoms with Gasteiger partial charge in [0.05, 0.1) is 22.5 Å². The smallest absolute Gasteiger partial charge is 0.406 e. The molecule has 0 amide bonds. The summed E-state index contributed by atoms with van der Waals surface area (Å²) in [4.78, 5) is 13.1. The van der Waals surface area contributed by atoms with Gasteiger partial charge in [-0.15, -0.1) is 13.2 Å². The fourth-order valence-electron chi connectivity index (χ4n) is 2.63. The molecule has 0 unspecified atom stereocenters. The first-order valence-corrected chi connectivity index (χ1v) is 9.96. The lowest BCUT2D eigenvalue weighted by Crippen LogP contribution is -2.38. The average Bonchev–Trinajstić information content (AvgIpc) is 2.68. The topological polar surface area (TPSA) is 94.0 Å². The SMILES string of the molecule is O=S(=O)(c1ccc(OC(F)(F)F)cc1)N1CCC(=NOCc2cnccn2)CC1. The van der Waals surface area contributed by atoms with Crippen LogP contribution in [0.15, 0.2) is 52.9 Å². The molecule has 1 aromatic carbocycles. The molecule has 0 atom stereocenters. The number of piperidine rings is 1. The molecule has 0 bridgehead atoms. The third kappa shape index (κ3) is 5.87. The predicted octanol–water partition coefficient (Wildman–Crippen LogP) is 2.73. The Morgan fingerprint density at radius 1 is 1.10 bits per heavy atom. The second-order valence-electron chi connectivity index (χ2n) is 6.05. The van der Waals surface area contributed by atoms with Crippen LogP contribution in [0.4, 0.5) is 13.2 Å². The van der Waals surface area contributed by atoms with Crippen molar-refractivity contribution in [3.05, 3.63) is 48.5 Å². The predicted molar refractivity (Wildman–Crippen MR) is 95.4 cm³/mol. The highest BCUT2D eigenvalue weighted by Gasteiger charge is 2.32. The minimum atomic E-state index is -4.84. The molecule has 0 radical (unpaired) electrons. The van der Waals surface area contributed by atoms with Crippen molar-refractivity contribution < 1.29 is 31.2 Å². The van der Waals surface area contributed by atoms with Gasteiger partial charge in [-0.05, 0) is 24.3 Å². The van der Waals surface area contributed by atoms with E-state index in [1.54, 1.807) is 12.4 Å². The van der Waals surface area contributed by atoms with Crippen LogP contribution >= 0.6 is 0 Å². The van der Waals surface area contributed by atoms with Crippen LogP contribution in [0.5, 0.6) is 5.75 Å². The molecule has 8 nitrogen and oxygen atoms in total. The first kappa shape index (κ1) is 21.0. The van der Waals surface area contributed by atoms with E-state index in [4.69, 9.17) is 4.84 Å². The maximum absolute atomic E-state index is 12.7. The van der Waals surface area contributed by atoms with E-state index in [1.807, 2.05) is 0 Å². The van der Waals surface area contributed by atoms with Crippen LogP contribution in [0.1, 0.15) is 18.5 Å². The highest BCUT2D eigenvalue weighted by atomic mass is 32.2. The number of oxime groups is 1. The van der Waals surface area contributed by atoms with Gasteiger partial charge in [-0.1, -0.05) is 5.16 Å². The van der Waals surface area contributed by atoms with Gasteiger partial charge >= 0.3 is 6.36 Å². The third-order valence-corrected chi connectivity index (χ3v) is 5.93. The summed E-state index contributed by atoms with van der Waals surface area (Å²) in [7, 11) is -3.83. The van der Waals surface area contributed by atoms with Crippen LogP contribution in [0.3, 0.4) is 0 Å². The zero-order valence-corrected chi connectivity index (χ0v) is 15.9. The third-order valence-electron chi connectivity index (χ3n) is 4.02. The van der Waals surface area contributed by atoms with E-state index in [9.17, 15) is 21.6 Å². The van der Waals surface area contributed by atoms with E-state index in [-0.39, 0.29) is 24.6 Å². The maximum Gasteiger partial charge on any atom is 0.573 e. The van der Waals surface area contributed by atoms with Gasteiger partial charge in [0.2, 0.25) is 10.0 Å². The second kappa shape index (κ2) is 8.74. The van der Waals surface area contributed by atoms with Gasteiger partial charge in [0.25, 0.3) is 0 Å². The van der Waals surface area contributed by atoms with E-state index in [0.29, 0.717) is 24.2 Å². The maximum atomic E-state index is 12.7. The van der Waals surface area contributed by atoms with Crippen molar-refractivity contribution in [2.45, 2.75) is 30.7 Å². The molecule has 1 aliphatic heterocycles. The Hall–Kier alpha value is -2.73. The number of nitrogens with zero attached hydrogens (tertiary/aromatic N) is 4. The number of rotatable bonds is 6. The van der Waals surface area contributed by atoms with Gasteiger partial charge in [0, 0.05) is 38.3 Å². The Balaban J connectivity index is 1.56. The molecule has 12 heteroatoms. The first-order chi connectivity index (χ1) is 13.7. The minimum Gasteiger partial charge on any atom is -0.406 e. The van der Waals surface area contributed by atoms with E-state index >= 15 is 0 Å². The van der Waals surface area contributed by atoms with Crippen molar-refractivity contribution in [3.63, 3.8) is 0 Å². The lowest BCUT2D eigenvalue weighted by atomic mass is 10.1. The molecule has 2 heterocycles. The summed E-state index contributed by atoms with van der Waals surface area (Å²) in [5.41, 5.74) is 1.34. The Labute approximate surface area is 165 Å². The summed E-state index contributed by atoms with van der Waals surface area (Å²) < 4.78 is 67.0. The molecule has 0 spiro atoms. The summed E-state index contributed by atoms with van der Waals surface area (Å²) in [5, 5.41) is 4.02. The van der Waals surface area contributed by atoms with Crippen molar-refractivity contribution in [1.29, 1.82) is 0 Å². The average molecular weight is 430 g/mol. The van der Waals surface area contributed by atoms with Gasteiger partial charge in [-0.25, -0.2) is 8.42 Å². The van der Waals surface area contributed by atoms with Crippen LogP contribution in [0.2, 0.25) is 0 Å². The molecule has 1 aliphatic rings. The van der Waals surface area contributed by atoms with Gasteiger partial charge in [0.15, 0.2) is 6.61 Å².